The van der Waals surface area contributed by atoms with Gasteiger partial charge in [0.25, 0.3) is 0 Å². The van der Waals surface area contributed by atoms with Gasteiger partial charge in [0.2, 0.25) is 0 Å². The lowest BCUT2D eigenvalue weighted by molar-refractivity contribution is 0.280. The maximum absolute atomic E-state index is 13.7. The summed E-state index contributed by atoms with van der Waals surface area (Å²) in [6, 6.07) is 20.8. The lowest BCUT2D eigenvalue weighted by Gasteiger charge is -2.16. The van der Waals surface area contributed by atoms with Gasteiger partial charge in [0.15, 0.2) is 11.5 Å². The summed E-state index contributed by atoms with van der Waals surface area (Å²) in [4.78, 5) is 0. The molecule has 0 heterocycles. The van der Waals surface area contributed by atoms with Crippen molar-refractivity contribution in [3.8, 4) is 11.5 Å². The first kappa shape index (κ1) is 23.2. The minimum atomic E-state index is -0.166. The lowest BCUT2D eigenvalue weighted by Crippen LogP contribution is -2.18. The van der Waals surface area contributed by atoms with Gasteiger partial charge in [-0.25, -0.2) is 4.39 Å². The molecule has 0 aliphatic heterocycles. The van der Waals surface area contributed by atoms with Crippen LogP contribution in [0.25, 0.3) is 0 Å². The van der Waals surface area contributed by atoms with Crippen LogP contribution in [0.1, 0.15) is 16.7 Å². The smallest absolute Gasteiger partial charge is 0.166 e. The van der Waals surface area contributed by atoms with E-state index in [0.29, 0.717) is 43.2 Å². The van der Waals surface area contributed by atoms with Crippen LogP contribution in [0.5, 0.6) is 11.5 Å². The van der Waals surface area contributed by atoms with Crippen LogP contribution in [-0.4, -0.2) is 13.7 Å². The summed E-state index contributed by atoms with van der Waals surface area (Å²) in [5, 5.41) is 3.37. The molecule has 0 saturated heterocycles. The molecule has 0 atom stereocenters. The normalized spacial score (nSPS) is 10.3. The van der Waals surface area contributed by atoms with Crippen molar-refractivity contribution < 1.29 is 13.9 Å². The van der Waals surface area contributed by atoms with E-state index in [4.69, 9.17) is 9.47 Å². The summed E-state index contributed by atoms with van der Waals surface area (Å²) in [5.41, 5.74) is 2.78. The van der Waals surface area contributed by atoms with Crippen LogP contribution >= 0.6 is 28.3 Å². The summed E-state index contributed by atoms with van der Waals surface area (Å²) in [7, 11) is 1.63. The molecule has 3 aromatic carbocycles. The second-order valence-electron chi connectivity index (χ2n) is 6.39. The van der Waals surface area contributed by atoms with Crippen molar-refractivity contribution in [3.63, 3.8) is 0 Å². The molecule has 0 unspecified atom stereocenters. The zero-order valence-electron chi connectivity index (χ0n) is 16.2. The van der Waals surface area contributed by atoms with Crippen molar-refractivity contribution in [2.75, 3.05) is 13.7 Å². The van der Waals surface area contributed by atoms with E-state index >= 15 is 0 Å². The maximum Gasteiger partial charge on any atom is 0.166 e. The van der Waals surface area contributed by atoms with Crippen molar-refractivity contribution in [2.45, 2.75) is 19.6 Å². The van der Waals surface area contributed by atoms with Gasteiger partial charge < -0.3 is 14.8 Å². The van der Waals surface area contributed by atoms with Gasteiger partial charge in [0.1, 0.15) is 12.4 Å². The molecule has 0 aliphatic carbocycles. The maximum atomic E-state index is 13.7. The Hall–Kier alpha value is -2.08. The molecule has 0 spiro atoms. The van der Waals surface area contributed by atoms with Gasteiger partial charge in [-0.3, -0.25) is 0 Å². The molecule has 1 N–H and O–H groups in total. The first-order valence-corrected chi connectivity index (χ1v) is 9.94. The minimum absolute atomic E-state index is 0. The lowest BCUT2D eigenvalue weighted by atomic mass is 10.1. The number of ether oxygens (including phenoxy) is 2. The third-order valence-corrected chi connectivity index (χ3v) is 4.84. The summed E-state index contributed by atoms with van der Waals surface area (Å²) in [6.07, 6.45) is 0.623. The molecular weight excluding hydrogens is 457 g/mol. The second kappa shape index (κ2) is 11.8. The second-order valence-corrected chi connectivity index (χ2v) is 7.30. The van der Waals surface area contributed by atoms with E-state index in [-0.39, 0.29) is 18.2 Å². The fraction of sp³-hybridized carbons (Fsp3) is 0.217. The number of benzene rings is 3. The molecule has 0 radical (unpaired) electrons. The van der Waals surface area contributed by atoms with Gasteiger partial charge in [-0.05, 0) is 42.3 Å². The van der Waals surface area contributed by atoms with E-state index in [1.165, 1.54) is 6.07 Å². The largest absolute Gasteiger partial charge is 0.493 e. The van der Waals surface area contributed by atoms with Crippen LogP contribution < -0.4 is 14.8 Å². The number of hydrogen-bond acceptors (Lipinski definition) is 3. The van der Waals surface area contributed by atoms with E-state index < -0.39 is 0 Å². The van der Waals surface area contributed by atoms with E-state index in [1.54, 1.807) is 13.2 Å². The molecule has 29 heavy (non-hydrogen) atoms. The highest BCUT2D eigenvalue weighted by molar-refractivity contribution is 9.10. The highest BCUT2D eigenvalue weighted by atomic mass is 79.9. The molecule has 0 fully saturated rings. The Morgan fingerprint density at radius 1 is 0.966 bits per heavy atom. The molecule has 0 bridgehead atoms. The van der Waals surface area contributed by atoms with Gasteiger partial charge >= 0.3 is 0 Å². The fourth-order valence-corrected chi connectivity index (χ4v) is 3.43. The summed E-state index contributed by atoms with van der Waals surface area (Å²) in [6.45, 7) is 1.71. The Kier molecular flexibility index (Phi) is 9.45. The summed E-state index contributed by atoms with van der Waals surface area (Å²) in [5.74, 6) is 1.23. The predicted molar refractivity (Wildman–Crippen MR) is 121 cm³/mol. The summed E-state index contributed by atoms with van der Waals surface area (Å²) >= 11 is 3.53. The van der Waals surface area contributed by atoms with E-state index in [2.05, 4.69) is 21.2 Å². The Bertz CT molecular complexity index is 909. The minimum Gasteiger partial charge on any atom is -0.493 e. The van der Waals surface area contributed by atoms with Crippen LogP contribution in [0.2, 0.25) is 0 Å². The topological polar surface area (TPSA) is 30.5 Å². The van der Waals surface area contributed by atoms with Crippen molar-refractivity contribution in [1.82, 2.24) is 5.32 Å². The Morgan fingerprint density at radius 3 is 2.41 bits per heavy atom. The monoisotopic (exact) mass is 479 g/mol. The average Bonchev–Trinajstić information content (AvgIpc) is 2.72. The molecule has 0 aliphatic rings. The highest BCUT2D eigenvalue weighted by Crippen LogP contribution is 2.35. The number of halogens is 3. The standard InChI is InChI=1S/C23H23BrFNO2.ClH/c1-27-22-14-20(24)13-19(23(22)28-16-17-7-3-2-4-8-17)15-26-12-11-18-9-5-6-10-21(18)25;/h2-10,13-14,26H,11-12,15-16H2,1H3;1H. The summed E-state index contributed by atoms with van der Waals surface area (Å²) < 4.78 is 26.3. The Balaban J connectivity index is 0.00000300. The van der Waals surface area contributed by atoms with Gasteiger partial charge in [-0.1, -0.05) is 64.5 Å². The molecule has 3 nitrogen and oxygen atoms in total. The molecular formula is C23H24BrClFNO2. The number of hydrogen-bond donors (Lipinski definition) is 1. The van der Waals surface area contributed by atoms with Crippen LogP contribution in [0.4, 0.5) is 4.39 Å². The van der Waals surface area contributed by atoms with Gasteiger partial charge in [0.05, 0.1) is 7.11 Å². The quantitative estimate of drug-likeness (QED) is 0.385. The van der Waals surface area contributed by atoms with Crippen molar-refractivity contribution in [3.05, 3.63) is 93.7 Å². The first-order valence-electron chi connectivity index (χ1n) is 9.14. The van der Waals surface area contributed by atoms with Crippen LogP contribution in [0.15, 0.2) is 71.2 Å². The fourth-order valence-electron chi connectivity index (χ4n) is 2.95. The molecule has 0 aromatic heterocycles. The van der Waals surface area contributed by atoms with E-state index in [0.717, 1.165) is 15.6 Å². The Morgan fingerprint density at radius 2 is 1.69 bits per heavy atom. The zero-order valence-corrected chi connectivity index (χ0v) is 18.6. The third kappa shape index (κ3) is 6.74. The highest BCUT2D eigenvalue weighted by Gasteiger charge is 2.13. The third-order valence-electron chi connectivity index (χ3n) is 4.39. The van der Waals surface area contributed by atoms with Gasteiger partial charge in [-0.15, -0.1) is 12.4 Å². The molecule has 3 aromatic rings. The average molecular weight is 481 g/mol. The van der Waals surface area contributed by atoms with Crippen molar-refractivity contribution >= 4 is 28.3 Å². The number of methoxy groups -OCH3 is 1. The predicted octanol–water partition coefficient (Wildman–Crippen LogP) is 5.93. The first-order chi connectivity index (χ1) is 13.7. The van der Waals surface area contributed by atoms with Gasteiger partial charge in [-0.2, -0.15) is 0 Å². The van der Waals surface area contributed by atoms with Crippen LogP contribution in [0, 0.1) is 5.82 Å². The van der Waals surface area contributed by atoms with E-state index in [9.17, 15) is 4.39 Å². The molecule has 6 heteroatoms. The zero-order chi connectivity index (χ0) is 19.8. The molecule has 3 rings (SSSR count). The molecule has 154 valence electrons. The number of nitrogens with one attached hydrogen (secondary N) is 1. The SMILES string of the molecule is COc1cc(Br)cc(CNCCc2ccccc2F)c1OCc1ccccc1.Cl. The number of rotatable bonds is 9. The van der Waals surface area contributed by atoms with Gasteiger partial charge in [0, 0.05) is 16.6 Å². The van der Waals surface area contributed by atoms with Crippen LogP contribution in [0.3, 0.4) is 0 Å². The van der Waals surface area contributed by atoms with Crippen LogP contribution in [-0.2, 0) is 19.6 Å². The molecule has 0 amide bonds. The van der Waals surface area contributed by atoms with E-state index in [1.807, 2.05) is 54.6 Å². The van der Waals surface area contributed by atoms with Crippen molar-refractivity contribution in [2.24, 2.45) is 0 Å². The molecule has 0 saturated carbocycles. The van der Waals surface area contributed by atoms with Crippen molar-refractivity contribution in [1.29, 1.82) is 0 Å². The Labute approximate surface area is 185 Å².